The quantitative estimate of drug-likeness (QED) is 0.170. The van der Waals surface area contributed by atoms with Crippen LogP contribution in [0.25, 0.3) is 66.1 Å². The summed E-state index contributed by atoms with van der Waals surface area (Å²) in [6, 6.07) is 74.5. The van der Waals surface area contributed by atoms with Crippen molar-refractivity contribution in [1.82, 2.24) is 0 Å². The van der Waals surface area contributed by atoms with E-state index in [9.17, 15) is 0 Å². The van der Waals surface area contributed by atoms with Crippen molar-refractivity contribution in [2.75, 3.05) is 4.90 Å². The zero-order chi connectivity index (χ0) is 37.2. The minimum absolute atomic E-state index is 0.258. The molecule has 1 heterocycles. The van der Waals surface area contributed by atoms with E-state index in [1.165, 1.54) is 49.7 Å². The Morgan fingerprint density at radius 2 is 0.964 bits per heavy atom. The molecule has 11 rings (SSSR count). The first-order chi connectivity index (χ1) is 27.6. The van der Waals surface area contributed by atoms with Crippen molar-refractivity contribution >= 4 is 49.8 Å². The van der Waals surface area contributed by atoms with Crippen LogP contribution < -0.4 is 4.90 Å². The summed E-state index contributed by atoms with van der Waals surface area (Å²) >= 11 is 0. The first-order valence-corrected chi connectivity index (χ1v) is 19.3. The number of hydrogen-bond donors (Lipinski definition) is 0. The molecule has 1 aliphatic carbocycles. The maximum atomic E-state index is 6.67. The van der Waals surface area contributed by atoms with E-state index in [4.69, 9.17) is 4.42 Å². The van der Waals surface area contributed by atoms with Gasteiger partial charge in [0, 0.05) is 38.5 Å². The Morgan fingerprint density at radius 1 is 0.411 bits per heavy atom. The highest BCUT2D eigenvalue weighted by Gasteiger charge is 2.40. The average molecular weight is 716 g/mol. The summed E-state index contributed by atoms with van der Waals surface area (Å²) in [5.74, 6) is 0. The number of anilines is 3. The molecule has 1 aromatic heterocycles. The summed E-state index contributed by atoms with van der Waals surface area (Å²) < 4.78 is 6.67. The van der Waals surface area contributed by atoms with Gasteiger partial charge in [0.15, 0.2) is 0 Å². The molecule has 2 heteroatoms. The lowest BCUT2D eigenvalue weighted by Gasteiger charge is -2.28. The van der Waals surface area contributed by atoms with Gasteiger partial charge in [-0.05, 0) is 99.3 Å². The standard InChI is InChI=1S/C54H37NO/c1-54(49-22-9-7-18-45(49)46-19-8-10-23-50(46)54)40-31-34-52-48(35-40)47-21-12-20-44(53(47)56-52)39-27-25-36(26-28-39)37-29-32-42(33-30-37)55(41-15-3-2-4-16-41)51-24-11-14-38-13-5-6-17-43(38)51/h2-35H,1H3. The Balaban J connectivity index is 0.933. The van der Waals surface area contributed by atoms with Crippen molar-refractivity contribution < 1.29 is 4.42 Å². The molecule has 0 radical (unpaired) electrons. The number of para-hydroxylation sites is 2. The fraction of sp³-hybridized carbons (Fsp3) is 0.0370. The van der Waals surface area contributed by atoms with Crippen LogP contribution >= 0.6 is 0 Å². The van der Waals surface area contributed by atoms with Crippen molar-refractivity contribution in [3.63, 3.8) is 0 Å². The third kappa shape index (κ3) is 4.96. The van der Waals surface area contributed by atoms with Crippen LogP contribution in [0.15, 0.2) is 211 Å². The molecule has 0 saturated carbocycles. The Bertz CT molecular complexity index is 3030. The van der Waals surface area contributed by atoms with Crippen LogP contribution in [0.1, 0.15) is 23.6 Å². The van der Waals surface area contributed by atoms with Crippen molar-refractivity contribution in [1.29, 1.82) is 0 Å². The molecule has 2 nitrogen and oxygen atoms in total. The molecule has 56 heavy (non-hydrogen) atoms. The van der Waals surface area contributed by atoms with Crippen molar-refractivity contribution in [2.45, 2.75) is 12.3 Å². The van der Waals surface area contributed by atoms with Gasteiger partial charge in [0.2, 0.25) is 0 Å². The number of hydrogen-bond acceptors (Lipinski definition) is 2. The Kier molecular flexibility index (Phi) is 7.33. The second kappa shape index (κ2) is 12.7. The lowest BCUT2D eigenvalue weighted by molar-refractivity contribution is 0.668. The predicted molar refractivity (Wildman–Crippen MR) is 234 cm³/mol. The predicted octanol–water partition coefficient (Wildman–Crippen LogP) is 14.9. The van der Waals surface area contributed by atoms with Crippen molar-refractivity contribution in [2.24, 2.45) is 0 Å². The number of fused-ring (bicyclic) bond motifs is 7. The Hall–Kier alpha value is -7.16. The summed E-state index contributed by atoms with van der Waals surface area (Å²) in [5.41, 5.74) is 16.1. The zero-order valence-corrected chi connectivity index (χ0v) is 31.0. The molecule has 0 fully saturated rings. The molecular weight excluding hydrogens is 679 g/mol. The topological polar surface area (TPSA) is 16.4 Å². The lowest BCUT2D eigenvalue weighted by atomic mass is 9.74. The molecule has 0 amide bonds. The van der Waals surface area contributed by atoms with E-state index in [1.54, 1.807) is 0 Å². The smallest absolute Gasteiger partial charge is 0.143 e. The van der Waals surface area contributed by atoms with Gasteiger partial charge in [0.25, 0.3) is 0 Å². The monoisotopic (exact) mass is 715 g/mol. The second-order valence-corrected chi connectivity index (χ2v) is 15.0. The number of furan rings is 1. The highest BCUT2D eigenvalue weighted by Crippen LogP contribution is 2.53. The van der Waals surface area contributed by atoms with Crippen LogP contribution in [0.2, 0.25) is 0 Å². The van der Waals surface area contributed by atoms with Gasteiger partial charge >= 0.3 is 0 Å². The highest BCUT2D eigenvalue weighted by molar-refractivity contribution is 6.10. The van der Waals surface area contributed by atoms with Gasteiger partial charge in [0.1, 0.15) is 11.2 Å². The molecule has 0 bridgehead atoms. The summed E-state index contributed by atoms with van der Waals surface area (Å²) in [6.07, 6.45) is 0. The number of benzene rings is 9. The summed E-state index contributed by atoms with van der Waals surface area (Å²) in [7, 11) is 0. The minimum atomic E-state index is -0.258. The summed E-state index contributed by atoms with van der Waals surface area (Å²) in [5, 5.41) is 4.73. The van der Waals surface area contributed by atoms with E-state index < -0.39 is 0 Å². The molecule has 0 unspecified atom stereocenters. The third-order valence-corrected chi connectivity index (χ3v) is 12.0. The van der Waals surface area contributed by atoms with Gasteiger partial charge in [0.05, 0.1) is 5.69 Å². The van der Waals surface area contributed by atoms with Gasteiger partial charge in [-0.3, -0.25) is 0 Å². The molecule has 0 spiro atoms. The average Bonchev–Trinajstić information content (AvgIpc) is 3.78. The van der Waals surface area contributed by atoms with Gasteiger partial charge in [-0.25, -0.2) is 0 Å². The lowest BCUT2D eigenvalue weighted by Crippen LogP contribution is -2.22. The van der Waals surface area contributed by atoms with Crippen molar-refractivity contribution in [3.8, 4) is 33.4 Å². The molecule has 1 aliphatic rings. The molecular formula is C54H37NO. The molecule has 10 aromatic rings. The van der Waals surface area contributed by atoms with Gasteiger partial charge in [-0.15, -0.1) is 0 Å². The van der Waals surface area contributed by atoms with Crippen molar-refractivity contribution in [3.05, 3.63) is 223 Å². The van der Waals surface area contributed by atoms with Crippen LogP contribution in [0.4, 0.5) is 17.1 Å². The van der Waals surface area contributed by atoms with E-state index in [-0.39, 0.29) is 5.41 Å². The normalized spacial score (nSPS) is 12.9. The van der Waals surface area contributed by atoms with Gasteiger partial charge in [-0.2, -0.15) is 0 Å². The van der Waals surface area contributed by atoms with Crippen LogP contribution in [0.3, 0.4) is 0 Å². The Morgan fingerprint density at radius 3 is 1.71 bits per heavy atom. The van der Waals surface area contributed by atoms with E-state index in [0.717, 1.165) is 50.1 Å². The van der Waals surface area contributed by atoms with Crippen LogP contribution in [0.5, 0.6) is 0 Å². The van der Waals surface area contributed by atoms with Gasteiger partial charge < -0.3 is 9.32 Å². The molecule has 0 N–H and O–H groups in total. The highest BCUT2D eigenvalue weighted by atomic mass is 16.3. The minimum Gasteiger partial charge on any atom is -0.455 e. The molecule has 9 aromatic carbocycles. The summed E-state index contributed by atoms with van der Waals surface area (Å²) in [4.78, 5) is 2.35. The van der Waals surface area contributed by atoms with Gasteiger partial charge in [-0.1, -0.05) is 164 Å². The maximum Gasteiger partial charge on any atom is 0.143 e. The maximum absolute atomic E-state index is 6.67. The number of nitrogens with zero attached hydrogens (tertiary/aromatic N) is 1. The molecule has 264 valence electrons. The SMILES string of the molecule is CC1(c2ccc3oc4c(-c5ccc(-c6ccc(N(c7ccccc7)c7cccc8ccccc78)cc6)cc5)cccc4c3c2)c2ccccc2-c2ccccc21. The van der Waals surface area contributed by atoms with E-state index in [2.05, 4.69) is 218 Å². The second-order valence-electron chi connectivity index (χ2n) is 15.0. The molecule has 0 saturated heterocycles. The zero-order valence-electron chi connectivity index (χ0n) is 31.0. The van der Waals surface area contributed by atoms with Crippen LogP contribution in [-0.4, -0.2) is 0 Å². The summed E-state index contributed by atoms with van der Waals surface area (Å²) in [6.45, 7) is 2.37. The number of rotatable bonds is 6. The molecule has 0 aliphatic heterocycles. The molecule has 0 atom stereocenters. The first-order valence-electron chi connectivity index (χ1n) is 19.3. The van der Waals surface area contributed by atoms with E-state index in [0.29, 0.717) is 0 Å². The van der Waals surface area contributed by atoms with E-state index >= 15 is 0 Å². The van der Waals surface area contributed by atoms with Crippen LogP contribution in [0, 0.1) is 0 Å². The largest absolute Gasteiger partial charge is 0.455 e. The Labute approximate surface area is 326 Å². The van der Waals surface area contributed by atoms with E-state index in [1.807, 2.05) is 0 Å². The fourth-order valence-corrected chi connectivity index (χ4v) is 9.15. The fourth-order valence-electron chi connectivity index (χ4n) is 9.15. The third-order valence-electron chi connectivity index (χ3n) is 12.0. The first kappa shape index (κ1) is 32.3. The van der Waals surface area contributed by atoms with Crippen LogP contribution in [-0.2, 0) is 5.41 Å².